The molecule has 1 amide bonds. The topological polar surface area (TPSA) is 51.5 Å². The van der Waals surface area contributed by atoms with Gasteiger partial charge in [-0.15, -0.1) is 0 Å². The normalized spacial score (nSPS) is 12.4. The predicted molar refractivity (Wildman–Crippen MR) is 79.3 cm³/mol. The molecule has 1 N–H and O–H groups in total. The Morgan fingerprint density at radius 1 is 1.45 bits per heavy atom. The van der Waals surface area contributed by atoms with Crippen molar-refractivity contribution < 1.29 is 13.9 Å². The Labute approximate surface area is 119 Å². The van der Waals surface area contributed by atoms with Gasteiger partial charge in [-0.1, -0.05) is 13.3 Å². The van der Waals surface area contributed by atoms with E-state index in [2.05, 4.69) is 12.2 Å². The van der Waals surface area contributed by atoms with Crippen LogP contribution in [0.15, 0.2) is 22.6 Å². The van der Waals surface area contributed by atoms with E-state index < -0.39 is 0 Å². The van der Waals surface area contributed by atoms with E-state index >= 15 is 0 Å². The number of furan rings is 1. The number of methoxy groups -OCH3 is 1. The highest BCUT2D eigenvalue weighted by atomic mass is 16.5. The average Bonchev–Trinajstić information content (AvgIpc) is 2.76. The lowest BCUT2D eigenvalue weighted by Gasteiger charge is -2.11. The van der Waals surface area contributed by atoms with Crippen LogP contribution >= 0.6 is 0 Å². The van der Waals surface area contributed by atoms with Gasteiger partial charge in [0, 0.05) is 17.0 Å². The third-order valence-corrected chi connectivity index (χ3v) is 3.45. The molecule has 0 spiro atoms. The van der Waals surface area contributed by atoms with Crippen molar-refractivity contribution in [2.24, 2.45) is 0 Å². The summed E-state index contributed by atoms with van der Waals surface area (Å²) in [6, 6.07) is 5.69. The molecule has 0 aliphatic carbocycles. The predicted octanol–water partition coefficient (Wildman–Crippen LogP) is 3.67. The summed E-state index contributed by atoms with van der Waals surface area (Å²) in [5.41, 5.74) is 1.55. The van der Waals surface area contributed by atoms with Crippen LogP contribution < -0.4 is 10.1 Å². The highest BCUT2D eigenvalue weighted by Gasteiger charge is 2.19. The van der Waals surface area contributed by atoms with Gasteiger partial charge >= 0.3 is 0 Å². The number of amides is 1. The van der Waals surface area contributed by atoms with Crippen LogP contribution in [0.25, 0.3) is 11.0 Å². The maximum absolute atomic E-state index is 12.2. The summed E-state index contributed by atoms with van der Waals surface area (Å²) in [7, 11) is 1.62. The summed E-state index contributed by atoms with van der Waals surface area (Å²) < 4.78 is 10.9. The third-order valence-electron chi connectivity index (χ3n) is 3.45. The number of aryl methyl sites for hydroxylation is 1. The molecule has 0 unspecified atom stereocenters. The molecule has 4 nitrogen and oxygen atoms in total. The van der Waals surface area contributed by atoms with E-state index in [-0.39, 0.29) is 11.9 Å². The minimum absolute atomic E-state index is 0.148. The van der Waals surface area contributed by atoms with Crippen molar-refractivity contribution in [1.29, 1.82) is 0 Å². The van der Waals surface area contributed by atoms with Gasteiger partial charge in [-0.2, -0.15) is 0 Å². The second-order valence-corrected chi connectivity index (χ2v) is 5.08. The first-order chi connectivity index (χ1) is 9.56. The molecule has 0 aliphatic heterocycles. The molecule has 0 radical (unpaired) electrons. The Morgan fingerprint density at radius 3 is 2.85 bits per heavy atom. The molecule has 2 rings (SSSR count). The first-order valence-electron chi connectivity index (χ1n) is 6.94. The number of benzene rings is 1. The number of fused-ring (bicyclic) bond motifs is 1. The SMILES string of the molecule is CCC[C@H](C)NC(=O)c1oc2ccc(OC)cc2c1C. The van der Waals surface area contributed by atoms with Crippen LogP contribution in [0, 0.1) is 6.92 Å². The monoisotopic (exact) mass is 275 g/mol. The highest BCUT2D eigenvalue weighted by molar-refractivity contribution is 5.99. The van der Waals surface area contributed by atoms with Gasteiger partial charge in [0.1, 0.15) is 11.3 Å². The van der Waals surface area contributed by atoms with E-state index in [1.807, 2.05) is 32.0 Å². The van der Waals surface area contributed by atoms with E-state index in [4.69, 9.17) is 9.15 Å². The molecule has 1 atom stereocenters. The van der Waals surface area contributed by atoms with Gasteiger partial charge in [-0.25, -0.2) is 0 Å². The van der Waals surface area contributed by atoms with Crippen LogP contribution in [0.2, 0.25) is 0 Å². The van der Waals surface area contributed by atoms with E-state index in [0.717, 1.165) is 29.5 Å². The second-order valence-electron chi connectivity index (χ2n) is 5.08. The van der Waals surface area contributed by atoms with Crippen molar-refractivity contribution in [3.05, 3.63) is 29.5 Å². The third kappa shape index (κ3) is 2.79. The van der Waals surface area contributed by atoms with Crippen LogP contribution in [0.5, 0.6) is 5.75 Å². The molecule has 20 heavy (non-hydrogen) atoms. The average molecular weight is 275 g/mol. The molecule has 4 heteroatoms. The number of hydrogen-bond donors (Lipinski definition) is 1. The lowest BCUT2D eigenvalue weighted by atomic mass is 10.1. The standard InChI is InChI=1S/C16H21NO3/c1-5-6-10(2)17-16(18)15-11(3)13-9-12(19-4)7-8-14(13)20-15/h7-10H,5-6H2,1-4H3,(H,17,18)/t10-/m0/s1. The summed E-state index contributed by atoms with van der Waals surface area (Å²) in [6.07, 6.45) is 2.00. The van der Waals surface area contributed by atoms with Crippen LogP contribution in [0.3, 0.4) is 0 Å². The smallest absolute Gasteiger partial charge is 0.287 e. The number of carbonyl (C=O) groups is 1. The van der Waals surface area contributed by atoms with Crippen LogP contribution in [-0.2, 0) is 0 Å². The minimum Gasteiger partial charge on any atom is -0.497 e. The fourth-order valence-electron chi connectivity index (χ4n) is 2.34. The van der Waals surface area contributed by atoms with E-state index in [0.29, 0.717) is 11.3 Å². The maximum atomic E-state index is 12.2. The van der Waals surface area contributed by atoms with Crippen LogP contribution in [0.4, 0.5) is 0 Å². The summed E-state index contributed by atoms with van der Waals surface area (Å²) in [5, 5.41) is 3.88. The molecule has 0 saturated carbocycles. The molecular weight excluding hydrogens is 254 g/mol. The quantitative estimate of drug-likeness (QED) is 0.905. The minimum atomic E-state index is -0.154. The molecule has 1 aromatic heterocycles. The summed E-state index contributed by atoms with van der Waals surface area (Å²) in [5.74, 6) is 0.988. The van der Waals surface area contributed by atoms with Crippen molar-refractivity contribution >= 4 is 16.9 Å². The van der Waals surface area contributed by atoms with Gasteiger partial charge in [-0.3, -0.25) is 4.79 Å². The van der Waals surface area contributed by atoms with Crippen molar-refractivity contribution in [1.82, 2.24) is 5.32 Å². The number of ether oxygens (including phenoxy) is 1. The van der Waals surface area contributed by atoms with Gasteiger partial charge in [0.15, 0.2) is 5.76 Å². The van der Waals surface area contributed by atoms with Gasteiger partial charge in [-0.05, 0) is 38.5 Å². The van der Waals surface area contributed by atoms with Crippen molar-refractivity contribution in [2.75, 3.05) is 7.11 Å². The zero-order chi connectivity index (χ0) is 14.7. The summed E-state index contributed by atoms with van der Waals surface area (Å²) in [4.78, 5) is 12.2. The number of carbonyl (C=O) groups excluding carboxylic acids is 1. The largest absolute Gasteiger partial charge is 0.497 e. The van der Waals surface area contributed by atoms with Gasteiger partial charge in [0.05, 0.1) is 7.11 Å². The van der Waals surface area contributed by atoms with Crippen molar-refractivity contribution in [3.63, 3.8) is 0 Å². The van der Waals surface area contributed by atoms with Crippen LogP contribution in [0.1, 0.15) is 42.8 Å². The molecule has 108 valence electrons. The highest BCUT2D eigenvalue weighted by Crippen LogP contribution is 2.28. The Balaban J connectivity index is 2.30. The first kappa shape index (κ1) is 14.4. The van der Waals surface area contributed by atoms with Gasteiger partial charge in [0.25, 0.3) is 5.91 Å². The van der Waals surface area contributed by atoms with E-state index in [9.17, 15) is 4.79 Å². The molecule has 0 saturated heterocycles. The zero-order valence-corrected chi connectivity index (χ0v) is 12.4. The van der Waals surface area contributed by atoms with Crippen LogP contribution in [-0.4, -0.2) is 19.1 Å². The first-order valence-corrected chi connectivity index (χ1v) is 6.94. The zero-order valence-electron chi connectivity index (χ0n) is 12.4. The number of nitrogens with one attached hydrogen (secondary N) is 1. The van der Waals surface area contributed by atoms with E-state index in [1.165, 1.54) is 0 Å². The van der Waals surface area contributed by atoms with Crippen molar-refractivity contribution in [2.45, 2.75) is 39.7 Å². The Morgan fingerprint density at radius 2 is 2.20 bits per heavy atom. The molecule has 1 heterocycles. The molecule has 0 bridgehead atoms. The maximum Gasteiger partial charge on any atom is 0.287 e. The fraction of sp³-hybridized carbons (Fsp3) is 0.438. The Hall–Kier alpha value is -1.97. The fourth-order valence-corrected chi connectivity index (χ4v) is 2.34. The second kappa shape index (κ2) is 5.99. The summed E-state index contributed by atoms with van der Waals surface area (Å²) >= 11 is 0. The molecule has 0 aliphatic rings. The lowest BCUT2D eigenvalue weighted by Crippen LogP contribution is -2.32. The van der Waals surface area contributed by atoms with Gasteiger partial charge < -0.3 is 14.5 Å². The molecule has 1 aromatic carbocycles. The lowest BCUT2D eigenvalue weighted by molar-refractivity contribution is 0.0911. The molecule has 0 fully saturated rings. The number of rotatable bonds is 5. The van der Waals surface area contributed by atoms with Crippen molar-refractivity contribution in [3.8, 4) is 5.75 Å². The van der Waals surface area contributed by atoms with Gasteiger partial charge in [0.2, 0.25) is 0 Å². The molecular formula is C16H21NO3. The summed E-state index contributed by atoms with van der Waals surface area (Å²) in [6.45, 7) is 5.99. The Kier molecular flexibility index (Phi) is 4.32. The van der Waals surface area contributed by atoms with E-state index in [1.54, 1.807) is 7.11 Å². The number of hydrogen-bond acceptors (Lipinski definition) is 3. The molecule has 2 aromatic rings. The Bertz CT molecular complexity index is 615.